The molecule has 0 aromatic carbocycles. The van der Waals surface area contributed by atoms with E-state index in [1.54, 1.807) is 4.31 Å². The summed E-state index contributed by atoms with van der Waals surface area (Å²) in [5.74, 6) is 0.319. The Labute approximate surface area is 118 Å². The third-order valence-electron chi connectivity index (χ3n) is 4.31. The minimum absolute atomic E-state index is 0.306. The second-order valence-corrected chi connectivity index (χ2v) is 8.90. The smallest absolute Gasteiger partial charge is 0.214 e. The molecule has 0 bridgehead atoms. The maximum atomic E-state index is 12.2. The van der Waals surface area contributed by atoms with Crippen LogP contribution in [-0.2, 0) is 10.0 Å². The summed E-state index contributed by atoms with van der Waals surface area (Å²) >= 11 is 0. The van der Waals surface area contributed by atoms with Gasteiger partial charge < -0.3 is 5.32 Å². The van der Waals surface area contributed by atoms with Gasteiger partial charge in [-0.25, -0.2) is 12.7 Å². The number of nitrogens with one attached hydrogen (secondary N) is 1. The van der Waals surface area contributed by atoms with Gasteiger partial charge in [0, 0.05) is 19.1 Å². The normalized spacial score (nSPS) is 24.5. The molecule has 2 fully saturated rings. The lowest BCUT2D eigenvalue weighted by Crippen LogP contribution is -2.42. The van der Waals surface area contributed by atoms with Gasteiger partial charge in [-0.15, -0.1) is 0 Å². The van der Waals surface area contributed by atoms with Crippen molar-refractivity contribution in [2.75, 3.05) is 25.4 Å². The zero-order chi connectivity index (χ0) is 13.9. The van der Waals surface area contributed by atoms with Crippen molar-refractivity contribution in [2.45, 2.75) is 58.4 Å². The van der Waals surface area contributed by atoms with Crippen molar-refractivity contribution >= 4 is 10.0 Å². The van der Waals surface area contributed by atoms with Crippen LogP contribution >= 0.6 is 0 Å². The molecule has 0 atom stereocenters. The number of sulfonamides is 1. The molecule has 5 heteroatoms. The first-order valence-electron chi connectivity index (χ1n) is 7.60. The first kappa shape index (κ1) is 15.3. The van der Waals surface area contributed by atoms with Crippen LogP contribution in [0.4, 0.5) is 0 Å². The lowest BCUT2D eigenvalue weighted by Gasteiger charge is -2.36. The molecular formula is C14H28N2O2S. The van der Waals surface area contributed by atoms with Gasteiger partial charge in [0.05, 0.1) is 5.75 Å². The first-order chi connectivity index (χ1) is 8.89. The molecular weight excluding hydrogens is 260 g/mol. The summed E-state index contributed by atoms with van der Waals surface area (Å²) < 4.78 is 26.1. The van der Waals surface area contributed by atoms with Crippen molar-refractivity contribution in [3.8, 4) is 0 Å². The minimum atomic E-state index is -3.01. The Bertz CT molecular complexity index is 378. The van der Waals surface area contributed by atoms with Crippen LogP contribution in [-0.4, -0.2) is 44.2 Å². The molecule has 0 radical (unpaired) electrons. The fourth-order valence-electron chi connectivity index (χ4n) is 2.50. The molecule has 2 rings (SSSR count). The summed E-state index contributed by atoms with van der Waals surface area (Å²) in [7, 11) is -3.01. The molecule has 0 amide bonds. The van der Waals surface area contributed by atoms with Crippen LogP contribution in [0, 0.1) is 5.41 Å². The lowest BCUT2D eigenvalue weighted by atomic mass is 9.83. The van der Waals surface area contributed by atoms with Gasteiger partial charge in [0.15, 0.2) is 0 Å². The summed E-state index contributed by atoms with van der Waals surface area (Å²) in [6.45, 7) is 6.82. The van der Waals surface area contributed by atoms with Crippen molar-refractivity contribution in [3.63, 3.8) is 0 Å². The Morgan fingerprint density at radius 1 is 1.16 bits per heavy atom. The monoisotopic (exact) mass is 288 g/mol. The molecule has 0 unspecified atom stereocenters. The van der Waals surface area contributed by atoms with E-state index in [1.807, 2.05) is 0 Å². The molecule has 1 N–H and O–H groups in total. The molecule has 1 saturated carbocycles. The average molecular weight is 288 g/mol. The van der Waals surface area contributed by atoms with Crippen molar-refractivity contribution in [1.82, 2.24) is 9.62 Å². The quantitative estimate of drug-likeness (QED) is 0.729. The topological polar surface area (TPSA) is 49.4 Å². The average Bonchev–Trinajstić information content (AvgIpc) is 3.12. The highest BCUT2D eigenvalue weighted by Gasteiger charge is 2.31. The second-order valence-electron chi connectivity index (χ2n) is 6.81. The summed E-state index contributed by atoms with van der Waals surface area (Å²) in [5.41, 5.74) is 0.306. The molecule has 1 aliphatic heterocycles. The lowest BCUT2D eigenvalue weighted by molar-refractivity contribution is 0.196. The highest BCUT2D eigenvalue weighted by Crippen LogP contribution is 2.31. The Morgan fingerprint density at radius 3 is 2.37 bits per heavy atom. The summed E-state index contributed by atoms with van der Waals surface area (Å²) in [5, 5.41) is 3.42. The first-order valence-corrected chi connectivity index (χ1v) is 9.21. The zero-order valence-electron chi connectivity index (χ0n) is 12.3. The molecule has 19 heavy (non-hydrogen) atoms. The second kappa shape index (κ2) is 6.10. The number of unbranched alkanes of at least 4 members (excludes halogenated alkanes) is 1. The van der Waals surface area contributed by atoms with E-state index >= 15 is 0 Å². The third kappa shape index (κ3) is 5.04. The SMILES string of the molecule is CC1(C)CCN(S(=O)(=O)CCCCNC2CC2)CC1. The van der Waals surface area contributed by atoms with Crippen LogP contribution in [0.1, 0.15) is 52.4 Å². The fraction of sp³-hybridized carbons (Fsp3) is 1.00. The molecule has 1 heterocycles. The molecule has 112 valence electrons. The van der Waals surface area contributed by atoms with Crippen molar-refractivity contribution < 1.29 is 8.42 Å². The third-order valence-corrected chi connectivity index (χ3v) is 6.27. The number of piperidine rings is 1. The van der Waals surface area contributed by atoms with E-state index in [9.17, 15) is 8.42 Å². The highest BCUT2D eigenvalue weighted by atomic mass is 32.2. The molecule has 0 spiro atoms. The van der Waals surface area contributed by atoms with Crippen molar-refractivity contribution in [2.24, 2.45) is 5.41 Å². The minimum Gasteiger partial charge on any atom is -0.314 e. The molecule has 1 saturated heterocycles. The van der Waals surface area contributed by atoms with E-state index < -0.39 is 10.0 Å². The van der Waals surface area contributed by atoms with Gasteiger partial charge >= 0.3 is 0 Å². The van der Waals surface area contributed by atoms with Gasteiger partial charge in [-0.3, -0.25) is 0 Å². The number of nitrogens with zero attached hydrogens (tertiary/aromatic N) is 1. The number of hydrogen-bond acceptors (Lipinski definition) is 3. The van der Waals surface area contributed by atoms with Gasteiger partial charge in [0.25, 0.3) is 0 Å². The van der Waals surface area contributed by atoms with Crippen LogP contribution in [0.25, 0.3) is 0 Å². The van der Waals surface area contributed by atoms with Crippen LogP contribution in [0.2, 0.25) is 0 Å². The van der Waals surface area contributed by atoms with E-state index in [0.717, 1.165) is 38.3 Å². The van der Waals surface area contributed by atoms with E-state index in [4.69, 9.17) is 0 Å². The van der Waals surface area contributed by atoms with E-state index in [2.05, 4.69) is 19.2 Å². The Kier molecular flexibility index (Phi) is 4.90. The van der Waals surface area contributed by atoms with Crippen molar-refractivity contribution in [3.05, 3.63) is 0 Å². The van der Waals surface area contributed by atoms with Gasteiger partial charge in [0.2, 0.25) is 10.0 Å². The summed E-state index contributed by atoms with van der Waals surface area (Å²) in [6.07, 6.45) is 6.30. The molecule has 0 aromatic heterocycles. The van der Waals surface area contributed by atoms with E-state index in [0.29, 0.717) is 24.3 Å². The molecule has 1 aliphatic carbocycles. The maximum absolute atomic E-state index is 12.2. The van der Waals surface area contributed by atoms with Gasteiger partial charge in [-0.2, -0.15) is 0 Å². The molecule has 2 aliphatic rings. The molecule has 4 nitrogen and oxygen atoms in total. The predicted octanol–water partition coefficient (Wildman–Crippen LogP) is 1.97. The Balaban J connectivity index is 1.66. The van der Waals surface area contributed by atoms with E-state index in [1.165, 1.54) is 12.8 Å². The maximum Gasteiger partial charge on any atom is 0.214 e. The van der Waals surface area contributed by atoms with Crippen LogP contribution in [0.15, 0.2) is 0 Å². The largest absolute Gasteiger partial charge is 0.314 e. The zero-order valence-corrected chi connectivity index (χ0v) is 13.1. The Hall–Kier alpha value is -0.130. The summed E-state index contributed by atoms with van der Waals surface area (Å²) in [4.78, 5) is 0. The number of rotatable bonds is 7. The van der Waals surface area contributed by atoms with Gasteiger partial charge in [0.1, 0.15) is 0 Å². The summed E-state index contributed by atoms with van der Waals surface area (Å²) in [6, 6.07) is 0.723. The van der Waals surface area contributed by atoms with E-state index in [-0.39, 0.29) is 0 Å². The van der Waals surface area contributed by atoms with Crippen molar-refractivity contribution in [1.29, 1.82) is 0 Å². The predicted molar refractivity (Wildman–Crippen MR) is 78.6 cm³/mol. The van der Waals surface area contributed by atoms with Gasteiger partial charge in [-0.05, 0) is 50.5 Å². The van der Waals surface area contributed by atoms with Crippen LogP contribution in [0.5, 0.6) is 0 Å². The standard InChI is InChI=1S/C14H28N2O2S/c1-14(2)7-10-16(11-8-14)19(17,18)12-4-3-9-15-13-5-6-13/h13,15H,3-12H2,1-2H3. The highest BCUT2D eigenvalue weighted by molar-refractivity contribution is 7.89. The number of hydrogen-bond donors (Lipinski definition) is 1. The van der Waals surface area contributed by atoms with Crippen LogP contribution < -0.4 is 5.32 Å². The molecule has 0 aromatic rings. The van der Waals surface area contributed by atoms with Gasteiger partial charge in [-0.1, -0.05) is 13.8 Å². The Morgan fingerprint density at radius 2 is 1.79 bits per heavy atom. The van der Waals surface area contributed by atoms with Crippen LogP contribution in [0.3, 0.4) is 0 Å². The fourth-order valence-corrected chi connectivity index (χ4v) is 4.07.